The summed E-state index contributed by atoms with van der Waals surface area (Å²) in [6, 6.07) is 7.76. The van der Waals surface area contributed by atoms with E-state index >= 15 is 0 Å². The van der Waals surface area contributed by atoms with E-state index in [0.29, 0.717) is 12.6 Å². The van der Waals surface area contributed by atoms with Crippen molar-refractivity contribution < 1.29 is 14.6 Å². The van der Waals surface area contributed by atoms with Crippen molar-refractivity contribution in [3.63, 3.8) is 0 Å². The topological polar surface area (TPSA) is 50.7 Å². The summed E-state index contributed by atoms with van der Waals surface area (Å²) in [7, 11) is 1.63. The van der Waals surface area contributed by atoms with Crippen molar-refractivity contribution in [1.29, 1.82) is 0 Å². The number of hydrogen-bond acceptors (Lipinski definition) is 5. The van der Waals surface area contributed by atoms with E-state index in [2.05, 4.69) is 18.5 Å². The molecule has 1 aromatic carbocycles. The highest BCUT2D eigenvalue weighted by Crippen LogP contribution is 2.17. The van der Waals surface area contributed by atoms with E-state index in [1.165, 1.54) is 0 Å². The molecule has 1 aromatic rings. The van der Waals surface area contributed by atoms with E-state index in [0.717, 1.165) is 23.7 Å². The normalized spacial score (nSPS) is 13.8. The van der Waals surface area contributed by atoms with Crippen LogP contribution in [0.5, 0.6) is 11.5 Å². The van der Waals surface area contributed by atoms with Gasteiger partial charge in [0, 0.05) is 12.6 Å². The van der Waals surface area contributed by atoms with E-state index in [9.17, 15) is 5.11 Å². The Hall–Kier alpha value is -0.910. The maximum atomic E-state index is 9.87. The predicted molar refractivity (Wildman–Crippen MR) is 85.0 cm³/mol. The molecule has 2 N–H and O–H groups in total. The number of thioether (sulfide) groups is 1. The first-order chi connectivity index (χ1) is 9.65. The first-order valence-corrected chi connectivity index (χ1v) is 8.22. The smallest absolute Gasteiger partial charge is 0.119 e. The Morgan fingerprint density at radius 3 is 2.50 bits per heavy atom. The summed E-state index contributed by atoms with van der Waals surface area (Å²) in [5, 5.41) is 13.2. The Morgan fingerprint density at radius 1 is 1.25 bits per heavy atom. The van der Waals surface area contributed by atoms with E-state index in [1.54, 1.807) is 7.11 Å². The van der Waals surface area contributed by atoms with E-state index in [-0.39, 0.29) is 6.61 Å². The van der Waals surface area contributed by atoms with Gasteiger partial charge in [0.25, 0.3) is 0 Å². The third-order valence-electron chi connectivity index (χ3n) is 2.96. The standard InChI is InChI=1S/C15H25NO3S/c1-12(8-9-20-3)16-10-13(17)11-19-15-6-4-14(18-2)5-7-15/h4-7,12-13,16-17H,8-11H2,1-3H3. The molecule has 20 heavy (non-hydrogen) atoms. The molecule has 2 unspecified atom stereocenters. The molecule has 0 saturated carbocycles. The third-order valence-corrected chi connectivity index (χ3v) is 3.60. The molecule has 0 aromatic heterocycles. The Kier molecular flexibility index (Phi) is 8.49. The molecule has 0 radical (unpaired) electrons. The summed E-state index contributed by atoms with van der Waals surface area (Å²) in [4.78, 5) is 0. The summed E-state index contributed by atoms with van der Waals surface area (Å²) in [6.07, 6.45) is 2.70. The van der Waals surface area contributed by atoms with Crippen LogP contribution in [0.15, 0.2) is 24.3 Å². The van der Waals surface area contributed by atoms with Crippen molar-refractivity contribution in [2.75, 3.05) is 32.3 Å². The molecule has 0 aliphatic carbocycles. The average Bonchev–Trinajstić information content (AvgIpc) is 2.49. The van der Waals surface area contributed by atoms with Crippen molar-refractivity contribution in [2.24, 2.45) is 0 Å². The summed E-state index contributed by atoms with van der Waals surface area (Å²) in [5.41, 5.74) is 0. The Labute approximate surface area is 125 Å². The van der Waals surface area contributed by atoms with Gasteiger partial charge in [0.15, 0.2) is 0 Å². The van der Waals surface area contributed by atoms with Crippen molar-refractivity contribution in [3.05, 3.63) is 24.3 Å². The van der Waals surface area contributed by atoms with Gasteiger partial charge in [0.2, 0.25) is 0 Å². The Bertz CT molecular complexity index is 359. The van der Waals surface area contributed by atoms with Crippen LogP contribution in [0.1, 0.15) is 13.3 Å². The monoisotopic (exact) mass is 299 g/mol. The molecular weight excluding hydrogens is 274 g/mol. The highest BCUT2D eigenvalue weighted by Gasteiger charge is 2.08. The van der Waals surface area contributed by atoms with Crippen LogP contribution in [-0.4, -0.2) is 49.5 Å². The number of rotatable bonds is 10. The second kappa shape index (κ2) is 9.91. The minimum absolute atomic E-state index is 0.286. The maximum Gasteiger partial charge on any atom is 0.119 e. The average molecular weight is 299 g/mol. The van der Waals surface area contributed by atoms with Crippen LogP contribution in [0.2, 0.25) is 0 Å². The number of aliphatic hydroxyl groups excluding tert-OH is 1. The molecule has 0 aliphatic rings. The molecule has 1 rings (SSSR count). The highest BCUT2D eigenvalue weighted by atomic mass is 32.2. The Morgan fingerprint density at radius 2 is 1.90 bits per heavy atom. The van der Waals surface area contributed by atoms with Gasteiger partial charge in [-0.3, -0.25) is 0 Å². The van der Waals surface area contributed by atoms with Crippen LogP contribution in [0.25, 0.3) is 0 Å². The van der Waals surface area contributed by atoms with Crippen LogP contribution >= 0.6 is 11.8 Å². The number of aliphatic hydroxyl groups is 1. The zero-order valence-electron chi connectivity index (χ0n) is 12.5. The van der Waals surface area contributed by atoms with Gasteiger partial charge < -0.3 is 19.9 Å². The number of hydrogen-bond donors (Lipinski definition) is 2. The van der Waals surface area contributed by atoms with Crippen LogP contribution < -0.4 is 14.8 Å². The Balaban J connectivity index is 2.20. The number of ether oxygens (including phenoxy) is 2. The van der Waals surface area contributed by atoms with Crippen molar-refractivity contribution in [2.45, 2.75) is 25.5 Å². The molecule has 0 bridgehead atoms. The lowest BCUT2D eigenvalue weighted by Crippen LogP contribution is -2.36. The zero-order valence-corrected chi connectivity index (χ0v) is 13.3. The lowest BCUT2D eigenvalue weighted by atomic mass is 10.2. The summed E-state index contributed by atoms with van der Waals surface area (Å²) < 4.78 is 10.6. The number of benzene rings is 1. The van der Waals surface area contributed by atoms with E-state index in [4.69, 9.17) is 9.47 Å². The molecule has 0 spiro atoms. The van der Waals surface area contributed by atoms with Crippen LogP contribution in [0, 0.1) is 0 Å². The first-order valence-electron chi connectivity index (χ1n) is 6.83. The van der Waals surface area contributed by atoms with Crippen LogP contribution in [0.3, 0.4) is 0 Å². The minimum atomic E-state index is -0.506. The maximum absolute atomic E-state index is 9.87. The summed E-state index contributed by atoms with van der Waals surface area (Å²) in [5.74, 6) is 2.66. The molecular formula is C15H25NO3S. The number of nitrogens with one attached hydrogen (secondary N) is 1. The molecule has 5 heteroatoms. The van der Waals surface area contributed by atoms with Gasteiger partial charge in [-0.2, -0.15) is 11.8 Å². The van der Waals surface area contributed by atoms with E-state index in [1.807, 2.05) is 36.0 Å². The lowest BCUT2D eigenvalue weighted by molar-refractivity contribution is 0.104. The largest absolute Gasteiger partial charge is 0.497 e. The van der Waals surface area contributed by atoms with E-state index < -0.39 is 6.10 Å². The van der Waals surface area contributed by atoms with Gasteiger partial charge in [-0.25, -0.2) is 0 Å². The van der Waals surface area contributed by atoms with Crippen LogP contribution in [0.4, 0.5) is 0 Å². The summed E-state index contributed by atoms with van der Waals surface area (Å²) in [6.45, 7) is 2.97. The molecule has 114 valence electrons. The quantitative estimate of drug-likeness (QED) is 0.693. The van der Waals surface area contributed by atoms with Crippen LogP contribution in [-0.2, 0) is 0 Å². The van der Waals surface area contributed by atoms with Gasteiger partial charge in [0.05, 0.1) is 7.11 Å². The fourth-order valence-electron chi connectivity index (χ4n) is 1.66. The molecule has 4 nitrogen and oxygen atoms in total. The molecule has 0 amide bonds. The zero-order chi connectivity index (χ0) is 14.8. The lowest BCUT2D eigenvalue weighted by Gasteiger charge is -2.17. The third kappa shape index (κ3) is 7.03. The van der Waals surface area contributed by atoms with Gasteiger partial charge in [-0.1, -0.05) is 0 Å². The molecule has 0 heterocycles. The molecule has 0 saturated heterocycles. The molecule has 0 aliphatic heterocycles. The summed E-state index contributed by atoms with van der Waals surface area (Å²) >= 11 is 1.84. The van der Waals surface area contributed by atoms with Gasteiger partial charge in [-0.05, 0) is 49.6 Å². The molecule has 0 fully saturated rings. The predicted octanol–water partition coefficient (Wildman–Crippen LogP) is 2.17. The van der Waals surface area contributed by atoms with Crippen molar-refractivity contribution >= 4 is 11.8 Å². The van der Waals surface area contributed by atoms with Gasteiger partial charge in [-0.15, -0.1) is 0 Å². The minimum Gasteiger partial charge on any atom is -0.497 e. The second-order valence-corrected chi connectivity index (χ2v) is 5.72. The van der Waals surface area contributed by atoms with Crippen molar-refractivity contribution in [3.8, 4) is 11.5 Å². The SMILES string of the molecule is COc1ccc(OCC(O)CNC(C)CCSC)cc1. The van der Waals surface area contributed by atoms with Gasteiger partial charge in [0.1, 0.15) is 24.2 Å². The first kappa shape index (κ1) is 17.1. The highest BCUT2D eigenvalue weighted by molar-refractivity contribution is 7.98. The van der Waals surface area contributed by atoms with Crippen molar-refractivity contribution in [1.82, 2.24) is 5.32 Å². The fraction of sp³-hybridized carbons (Fsp3) is 0.600. The fourth-order valence-corrected chi connectivity index (χ4v) is 2.25. The number of methoxy groups -OCH3 is 1. The molecule has 2 atom stereocenters. The van der Waals surface area contributed by atoms with Gasteiger partial charge >= 0.3 is 0 Å². The second-order valence-electron chi connectivity index (χ2n) is 4.73.